The van der Waals surface area contributed by atoms with E-state index in [1.165, 1.54) is 18.9 Å². The zero-order valence-corrected chi connectivity index (χ0v) is 18.1. The van der Waals surface area contributed by atoms with Gasteiger partial charge in [0.15, 0.2) is 0 Å². The fourth-order valence-corrected chi connectivity index (χ4v) is 5.38. The quantitative estimate of drug-likeness (QED) is 0.654. The fourth-order valence-electron chi connectivity index (χ4n) is 5.38. The average molecular weight is 428 g/mol. The van der Waals surface area contributed by atoms with E-state index in [-0.39, 0.29) is 30.2 Å². The van der Waals surface area contributed by atoms with Crippen LogP contribution in [0.1, 0.15) is 36.0 Å². The highest BCUT2D eigenvalue weighted by Crippen LogP contribution is 2.36. The first-order chi connectivity index (χ1) is 14.0. The van der Waals surface area contributed by atoms with Crippen molar-refractivity contribution in [2.45, 2.75) is 43.8 Å². The predicted octanol–water partition coefficient (Wildman–Crippen LogP) is 4.76. The first-order valence-corrected chi connectivity index (χ1v) is 10.4. The second-order valence-corrected chi connectivity index (χ2v) is 8.47. The van der Waals surface area contributed by atoms with Crippen LogP contribution in [0.4, 0.5) is 4.39 Å². The highest BCUT2D eigenvalue weighted by atomic mass is 35.5. The van der Waals surface area contributed by atoms with E-state index >= 15 is 0 Å². The van der Waals surface area contributed by atoms with Crippen LogP contribution in [0, 0.1) is 5.82 Å². The number of para-hydroxylation sites is 1. The number of rotatable bonds is 3. The Balaban J connectivity index is 0.00000218. The smallest absolute Gasteiger partial charge is 0.254 e. The molecule has 0 saturated carbocycles. The normalized spacial score (nSPS) is 23.4. The minimum atomic E-state index is -0.315. The molecule has 1 amide bonds. The van der Waals surface area contributed by atoms with Crippen molar-refractivity contribution in [1.29, 1.82) is 0 Å². The summed E-state index contributed by atoms with van der Waals surface area (Å²) in [6.07, 6.45) is 4.39. The van der Waals surface area contributed by atoms with Crippen molar-refractivity contribution < 1.29 is 9.18 Å². The summed E-state index contributed by atoms with van der Waals surface area (Å²) in [4.78, 5) is 16.0. The number of aromatic nitrogens is 1. The summed E-state index contributed by atoms with van der Waals surface area (Å²) in [5.74, 6) is -0.418. The van der Waals surface area contributed by atoms with Crippen LogP contribution in [0.2, 0.25) is 0 Å². The summed E-state index contributed by atoms with van der Waals surface area (Å²) in [7, 11) is 4.10. The van der Waals surface area contributed by atoms with Gasteiger partial charge in [-0.25, -0.2) is 4.39 Å². The van der Waals surface area contributed by atoms with Gasteiger partial charge in [-0.15, -0.1) is 12.4 Å². The number of amides is 1. The van der Waals surface area contributed by atoms with Gasteiger partial charge >= 0.3 is 0 Å². The van der Waals surface area contributed by atoms with Crippen molar-refractivity contribution in [2.75, 3.05) is 7.05 Å². The molecule has 4 nitrogen and oxygen atoms in total. The number of piperidine rings is 1. The van der Waals surface area contributed by atoms with E-state index in [2.05, 4.69) is 17.3 Å². The average Bonchev–Trinajstić information content (AvgIpc) is 3.10. The molecule has 0 unspecified atom stereocenters. The maximum Gasteiger partial charge on any atom is 0.254 e. The molecule has 1 N–H and O–H groups in total. The van der Waals surface area contributed by atoms with Crippen LogP contribution in [0.3, 0.4) is 0 Å². The van der Waals surface area contributed by atoms with Gasteiger partial charge in [0.2, 0.25) is 0 Å². The number of hydrogen-bond acceptors (Lipinski definition) is 2. The van der Waals surface area contributed by atoms with Crippen LogP contribution in [-0.2, 0) is 7.05 Å². The van der Waals surface area contributed by atoms with Gasteiger partial charge in [-0.05, 0) is 50.9 Å². The summed E-state index contributed by atoms with van der Waals surface area (Å²) >= 11 is 0. The Morgan fingerprint density at radius 3 is 2.33 bits per heavy atom. The second kappa shape index (κ2) is 8.05. The molecule has 1 aromatic heterocycles. The second-order valence-electron chi connectivity index (χ2n) is 8.47. The Labute approximate surface area is 182 Å². The van der Waals surface area contributed by atoms with Crippen molar-refractivity contribution in [3.63, 3.8) is 0 Å². The molecule has 30 heavy (non-hydrogen) atoms. The minimum Gasteiger partial charge on any atom is -0.349 e. The van der Waals surface area contributed by atoms with Gasteiger partial charge in [-0.1, -0.05) is 30.3 Å². The van der Waals surface area contributed by atoms with Gasteiger partial charge in [-0.3, -0.25) is 4.79 Å². The van der Waals surface area contributed by atoms with Crippen molar-refractivity contribution >= 4 is 29.2 Å². The lowest BCUT2D eigenvalue weighted by atomic mass is 9.97. The molecule has 5 rings (SSSR count). The fraction of sp³-hybridized carbons (Fsp3) is 0.375. The van der Waals surface area contributed by atoms with Crippen molar-refractivity contribution in [3.05, 3.63) is 59.9 Å². The Morgan fingerprint density at radius 1 is 1.00 bits per heavy atom. The Morgan fingerprint density at radius 2 is 1.63 bits per heavy atom. The van der Waals surface area contributed by atoms with Crippen LogP contribution in [-0.4, -0.2) is 40.5 Å². The standard InChI is InChI=1S/C24H26FN3O.ClH/c1-27-16-11-12-17(27)14-15(13-16)26-24(29)22-19-8-4-6-10-21(19)28(2)23(22)18-7-3-5-9-20(18)25;/h3-10,15-17H,11-14H2,1-2H3,(H,26,29);1H/t15-,16+,17-;. The summed E-state index contributed by atoms with van der Waals surface area (Å²) in [6.45, 7) is 0. The van der Waals surface area contributed by atoms with E-state index in [9.17, 15) is 9.18 Å². The summed E-state index contributed by atoms with van der Waals surface area (Å²) in [5.41, 5.74) is 2.59. The zero-order chi connectivity index (χ0) is 20.1. The molecule has 0 radical (unpaired) electrons. The van der Waals surface area contributed by atoms with Crippen molar-refractivity contribution in [3.8, 4) is 11.3 Å². The molecule has 2 saturated heterocycles. The number of carbonyl (C=O) groups is 1. The van der Waals surface area contributed by atoms with E-state index in [1.54, 1.807) is 12.1 Å². The number of fused-ring (bicyclic) bond motifs is 3. The van der Waals surface area contributed by atoms with Crippen LogP contribution >= 0.6 is 12.4 Å². The minimum absolute atomic E-state index is 0. The largest absolute Gasteiger partial charge is 0.349 e. The number of aryl methyl sites for hydroxylation is 1. The Bertz CT molecular complexity index is 1080. The molecule has 2 aromatic carbocycles. The number of nitrogens with one attached hydrogen (secondary N) is 1. The third-order valence-corrected chi connectivity index (χ3v) is 6.90. The molecular weight excluding hydrogens is 401 g/mol. The molecule has 2 aliphatic rings. The summed E-state index contributed by atoms with van der Waals surface area (Å²) in [5, 5.41) is 4.15. The van der Waals surface area contributed by atoms with E-state index in [4.69, 9.17) is 0 Å². The molecule has 2 fully saturated rings. The molecule has 2 aliphatic heterocycles. The Hall–Kier alpha value is -2.37. The highest BCUT2D eigenvalue weighted by Gasteiger charge is 2.39. The van der Waals surface area contributed by atoms with Crippen LogP contribution in [0.5, 0.6) is 0 Å². The van der Waals surface area contributed by atoms with Gasteiger partial charge in [0, 0.05) is 41.6 Å². The lowest BCUT2D eigenvalue weighted by Gasteiger charge is -2.36. The topological polar surface area (TPSA) is 37.3 Å². The molecule has 0 spiro atoms. The molecule has 0 aliphatic carbocycles. The number of nitrogens with zero attached hydrogens (tertiary/aromatic N) is 2. The predicted molar refractivity (Wildman–Crippen MR) is 121 cm³/mol. The molecule has 3 heterocycles. The van der Waals surface area contributed by atoms with Gasteiger partial charge in [-0.2, -0.15) is 0 Å². The monoisotopic (exact) mass is 427 g/mol. The molecule has 2 bridgehead atoms. The number of benzene rings is 2. The van der Waals surface area contributed by atoms with E-state index in [1.807, 2.05) is 41.9 Å². The number of carbonyl (C=O) groups excluding carboxylic acids is 1. The maximum absolute atomic E-state index is 14.7. The van der Waals surface area contributed by atoms with Crippen LogP contribution in [0.15, 0.2) is 48.5 Å². The van der Waals surface area contributed by atoms with Crippen LogP contribution in [0.25, 0.3) is 22.2 Å². The third-order valence-electron chi connectivity index (χ3n) is 6.90. The summed E-state index contributed by atoms with van der Waals surface area (Å²) < 4.78 is 16.6. The van der Waals surface area contributed by atoms with Crippen molar-refractivity contribution in [2.24, 2.45) is 7.05 Å². The number of halogens is 2. The molecule has 158 valence electrons. The number of hydrogen-bond donors (Lipinski definition) is 1. The first kappa shape index (κ1) is 20.9. The third kappa shape index (κ3) is 3.30. The van der Waals surface area contributed by atoms with Gasteiger partial charge < -0.3 is 14.8 Å². The van der Waals surface area contributed by atoms with Gasteiger partial charge in [0.1, 0.15) is 5.82 Å². The van der Waals surface area contributed by atoms with Gasteiger partial charge in [0.25, 0.3) is 5.91 Å². The SMILES string of the molecule is CN1[C@@H]2CC[C@H]1C[C@@H](NC(=O)c1c(-c3ccccc3F)n(C)c3ccccc13)C2.Cl. The molecule has 3 aromatic rings. The van der Waals surface area contributed by atoms with Crippen molar-refractivity contribution in [1.82, 2.24) is 14.8 Å². The highest BCUT2D eigenvalue weighted by molar-refractivity contribution is 6.12. The van der Waals surface area contributed by atoms with E-state index in [0.29, 0.717) is 28.9 Å². The maximum atomic E-state index is 14.7. The van der Waals surface area contributed by atoms with Crippen LogP contribution < -0.4 is 5.32 Å². The molecular formula is C24H27ClFN3O. The summed E-state index contributed by atoms with van der Waals surface area (Å²) in [6, 6.07) is 15.8. The van der Waals surface area contributed by atoms with Gasteiger partial charge in [0.05, 0.1) is 11.3 Å². The zero-order valence-electron chi connectivity index (χ0n) is 17.3. The van der Waals surface area contributed by atoms with E-state index < -0.39 is 0 Å². The first-order valence-electron chi connectivity index (χ1n) is 10.4. The Kier molecular flexibility index (Phi) is 5.60. The lowest BCUT2D eigenvalue weighted by molar-refractivity contribution is 0.0884. The lowest BCUT2D eigenvalue weighted by Crippen LogP contribution is -2.48. The molecule has 6 heteroatoms. The van der Waals surface area contributed by atoms with E-state index in [0.717, 1.165) is 23.7 Å². The molecule has 3 atom stereocenters.